The van der Waals surface area contributed by atoms with Gasteiger partial charge in [0.25, 0.3) is 0 Å². The number of benzene rings is 1. The predicted molar refractivity (Wildman–Crippen MR) is 82.7 cm³/mol. The number of rotatable bonds is 2. The van der Waals surface area contributed by atoms with Gasteiger partial charge in [-0.25, -0.2) is 0 Å². The van der Waals surface area contributed by atoms with Gasteiger partial charge in [-0.2, -0.15) is 13.2 Å². The summed E-state index contributed by atoms with van der Waals surface area (Å²) in [7, 11) is 0. The molecule has 1 aromatic rings. The largest absolute Gasteiger partial charge is 0.416 e. The summed E-state index contributed by atoms with van der Waals surface area (Å²) in [4.78, 5) is 25.2. The zero-order valence-corrected chi connectivity index (χ0v) is 13.6. The monoisotopic (exact) mass is 356 g/mol. The standard InChI is InChI=1S/C17H19F3N2O3/c18-17(19,20)13-3-1-2-12(8-13)9-15(24)22-6-4-16(5-7-22)11-21-14(23)10-25-16/h1-3,8H,4-7,9-11H2,(H,21,23). The number of halogens is 3. The highest BCUT2D eigenvalue weighted by Crippen LogP contribution is 2.30. The molecule has 2 fully saturated rings. The van der Waals surface area contributed by atoms with E-state index < -0.39 is 17.3 Å². The first kappa shape index (κ1) is 17.7. The Morgan fingerprint density at radius 2 is 2.00 bits per heavy atom. The van der Waals surface area contributed by atoms with Crippen molar-refractivity contribution >= 4 is 11.8 Å². The Hall–Kier alpha value is -2.09. The number of nitrogens with zero attached hydrogens (tertiary/aromatic N) is 1. The van der Waals surface area contributed by atoms with Gasteiger partial charge in [0.1, 0.15) is 6.61 Å². The molecular weight excluding hydrogens is 337 g/mol. The second-order valence-corrected chi connectivity index (χ2v) is 6.50. The molecule has 0 aromatic heterocycles. The Morgan fingerprint density at radius 3 is 2.60 bits per heavy atom. The Bertz CT molecular complexity index is 655. The molecule has 2 saturated heterocycles. The Kier molecular flexibility index (Phi) is 4.73. The number of piperidine rings is 1. The van der Waals surface area contributed by atoms with Crippen LogP contribution < -0.4 is 5.32 Å². The lowest BCUT2D eigenvalue weighted by Crippen LogP contribution is -2.58. The van der Waals surface area contributed by atoms with E-state index in [0.29, 0.717) is 38.0 Å². The second-order valence-electron chi connectivity index (χ2n) is 6.50. The number of morpholine rings is 1. The van der Waals surface area contributed by atoms with E-state index in [0.717, 1.165) is 12.1 Å². The number of ether oxygens (including phenoxy) is 1. The van der Waals surface area contributed by atoms with Crippen molar-refractivity contribution in [3.63, 3.8) is 0 Å². The van der Waals surface area contributed by atoms with Crippen LogP contribution in [0.2, 0.25) is 0 Å². The predicted octanol–water partition coefficient (Wildman–Crippen LogP) is 1.76. The lowest BCUT2D eigenvalue weighted by atomic mass is 9.89. The van der Waals surface area contributed by atoms with Crippen LogP contribution in [-0.4, -0.2) is 48.6 Å². The molecule has 0 bridgehead atoms. The van der Waals surface area contributed by atoms with Crippen LogP contribution in [0.5, 0.6) is 0 Å². The summed E-state index contributed by atoms with van der Waals surface area (Å²) in [6, 6.07) is 4.85. The van der Waals surface area contributed by atoms with Crippen molar-refractivity contribution in [2.24, 2.45) is 0 Å². The van der Waals surface area contributed by atoms with Crippen LogP contribution in [-0.2, 0) is 26.9 Å². The van der Waals surface area contributed by atoms with Gasteiger partial charge in [0.15, 0.2) is 0 Å². The van der Waals surface area contributed by atoms with Crippen molar-refractivity contribution in [3.05, 3.63) is 35.4 Å². The second kappa shape index (κ2) is 6.67. The van der Waals surface area contributed by atoms with Crippen LogP contribution in [0, 0.1) is 0 Å². The van der Waals surface area contributed by atoms with Crippen LogP contribution in [0.3, 0.4) is 0 Å². The zero-order chi connectivity index (χ0) is 18.1. The topological polar surface area (TPSA) is 58.6 Å². The normalized spacial score (nSPS) is 20.4. The molecule has 3 rings (SSSR count). The molecule has 25 heavy (non-hydrogen) atoms. The quantitative estimate of drug-likeness (QED) is 0.879. The van der Waals surface area contributed by atoms with E-state index in [1.54, 1.807) is 4.90 Å². The molecule has 1 N–H and O–H groups in total. The number of nitrogens with one attached hydrogen (secondary N) is 1. The summed E-state index contributed by atoms with van der Waals surface area (Å²) >= 11 is 0. The maximum atomic E-state index is 12.8. The van der Waals surface area contributed by atoms with Crippen molar-refractivity contribution in [2.45, 2.75) is 31.0 Å². The van der Waals surface area contributed by atoms with Crippen LogP contribution >= 0.6 is 0 Å². The number of alkyl halides is 3. The molecule has 8 heteroatoms. The van der Waals surface area contributed by atoms with E-state index in [4.69, 9.17) is 4.74 Å². The SMILES string of the molecule is O=C1COC2(CCN(C(=O)Cc3cccc(C(F)(F)F)c3)CC2)CN1. The van der Waals surface area contributed by atoms with Crippen molar-refractivity contribution in [2.75, 3.05) is 26.2 Å². The highest BCUT2D eigenvalue weighted by molar-refractivity contribution is 5.79. The summed E-state index contributed by atoms with van der Waals surface area (Å²) in [5.74, 6) is -0.345. The molecule has 136 valence electrons. The van der Waals surface area contributed by atoms with Gasteiger partial charge >= 0.3 is 6.18 Å². The molecule has 2 aliphatic rings. The molecule has 2 amide bonds. The molecule has 2 aliphatic heterocycles. The molecule has 1 spiro atoms. The van der Waals surface area contributed by atoms with E-state index in [9.17, 15) is 22.8 Å². The van der Waals surface area contributed by atoms with E-state index in [1.165, 1.54) is 12.1 Å². The number of carbonyl (C=O) groups excluding carboxylic acids is 2. The number of amides is 2. The molecule has 0 unspecified atom stereocenters. The number of carbonyl (C=O) groups is 2. The highest BCUT2D eigenvalue weighted by Gasteiger charge is 2.40. The van der Waals surface area contributed by atoms with Gasteiger partial charge in [-0.05, 0) is 24.5 Å². The van der Waals surface area contributed by atoms with E-state index >= 15 is 0 Å². The molecule has 0 saturated carbocycles. The van der Waals surface area contributed by atoms with Gasteiger partial charge in [0.2, 0.25) is 11.8 Å². The maximum Gasteiger partial charge on any atom is 0.416 e. The Balaban J connectivity index is 1.57. The number of hydrogen-bond donors (Lipinski definition) is 1. The van der Waals surface area contributed by atoms with Crippen molar-refractivity contribution in [1.82, 2.24) is 10.2 Å². The lowest BCUT2D eigenvalue weighted by molar-refractivity contribution is -0.154. The van der Waals surface area contributed by atoms with Gasteiger partial charge in [-0.15, -0.1) is 0 Å². The first-order valence-electron chi connectivity index (χ1n) is 8.12. The zero-order valence-electron chi connectivity index (χ0n) is 13.6. The third kappa shape index (κ3) is 4.12. The van der Waals surface area contributed by atoms with Gasteiger partial charge in [0, 0.05) is 19.6 Å². The minimum absolute atomic E-state index is 0.0260. The minimum atomic E-state index is -4.42. The fraction of sp³-hybridized carbons (Fsp3) is 0.529. The smallest absolute Gasteiger partial charge is 0.363 e. The molecular formula is C17H19F3N2O3. The fourth-order valence-electron chi connectivity index (χ4n) is 3.21. The molecule has 2 heterocycles. The highest BCUT2D eigenvalue weighted by atomic mass is 19.4. The average Bonchev–Trinajstić information content (AvgIpc) is 2.58. The van der Waals surface area contributed by atoms with Crippen LogP contribution in [0.15, 0.2) is 24.3 Å². The minimum Gasteiger partial charge on any atom is -0.363 e. The van der Waals surface area contributed by atoms with Gasteiger partial charge in [-0.3, -0.25) is 9.59 Å². The third-order valence-corrected chi connectivity index (χ3v) is 4.75. The van der Waals surface area contributed by atoms with Gasteiger partial charge in [0.05, 0.1) is 17.6 Å². The average molecular weight is 356 g/mol. The third-order valence-electron chi connectivity index (χ3n) is 4.75. The Labute approximate surface area is 143 Å². The summed E-state index contributed by atoms with van der Waals surface area (Å²) < 4.78 is 43.9. The van der Waals surface area contributed by atoms with Gasteiger partial charge in [-0.1, -0.05) is 18.2 Å². The molecule has 0 atom stereocenters. The fourth-order valence-corrected chi connectivity index (χ4v) is 3.21. The first-order chi connectivity index (χ1) is 11.8. The Morgan fingerprint density at radius 1 is 1.28 bits per heavy atom. The first-order valence-corrected chi connectivity index (χ1v) is 8.12. The van der Waals surface area contributed by atoms with Crippen LogP contribution in [0.1, 0.15) is 24.0 Å². The molecule has 0 radical (unpaired) electrons. The number of hydrogen-bond acceptors (Lipinski definition) is 3. The van der Waals surface area contributed by atoms with Crippen LogP contribution in [0.25, 0.3) is 0 Å². The number of likely N-dealkylation sites (tertiary alicyclic amines) is 1. The molecule has 5 nitrogen and oxygen atoms in total. The lowest BCUT2D eigenvalue weighted by Gasteiger charge is -2.43. The van der Waals surface area contributed by atoms with E-state index in [-0.39, 0.29) is 24.8 Å². The maximum absolute atomic E-state index is 12.8. The summed E-state index contributed by atoms with van der Waals surface area (Å²) in [6.45, 7) is 1.39. The summed E-state index contributed by atoms with van der Waals surface area (Å²) in [5.41, 5.74) is -0.830. The molecule has 1 aromatic carbocycles. The van der Waals surface area contributed by atoms with Crippen molar-refractivity contribution < 1.29 is 27.5 Å². The molecule has 0 aliphatic carbocycles. The summed E-state index contributed by atoms with van der Waals surface area (Å²) in [5, 5.41) is 2.77. The van der Waals surface area contributed by atoms with Crippen molar-refractivity contribution in [1.29, 1.82) is 0 Å². The summed E-state index contributed by atoms with van der Waals surface area (Å²) in [6.07, 6.45) is -3.28. The van der Waals surface area contributed by atoms with E-state index in [2.05, 4.69) is 5.32 Å². The van der Waals surface area contributed by atoms with Gasteiger partial charge < -0.3 is 15.0 Å². The van der Waals surface area contributed by atoms with Crippen LogP contribution in [0.4, 0.5) is 13.2 Å². The van der Waals surface area contributed by atoms with Crippen molar-refractivity contribution in [3.8, 4) is 0 Å². The van der Waals surface area contributed by atoms with E-state index in [1.807, 2.05) is 0 Å².